The number of hydrogen-bond donors (Lipinski definition) is 1. The van der Waals surface area contributed by atoms with E-state index in [0.717, 1.165) is 12.1 Å². The Labute approximate surface area is 162 Å². The number of Topliss-reactive ketones (excluding diaryl/α,β-unsaturated/α-hetero) is 1. The van der Waals surface area contributed by atoms with Crippen molar-refractivity contribution in [1.29, 1.82) is 0 Å². The molecule has 1 heterocycles. The smallest absolute Gasteiger partial charge is 0.233 e. The fourth-order valence-corrected chi connectivity index (χ4v) is 4.03. The van der Waals surface area contributed by atoms with Crippen LogP contribution in [0.15, 0.2) is 54.6 Å². The predicted octanol–water partition coefficient (Wildman–Crippen LogP) is 3.43. The second-order valence-electron chi connectivity index (χ2n) is 6.14. The SMILES string of the molecule is O=C(CSCC(=O)N1CCNCC1c1cccc(Cl)c1)c1ccccc1. The minimum Gasteiger partial charge on any atom is -0.332 e. The second kappa shape index (κ2) is 9.21. The van der Waals surface area contributed by atoms with Crippen molar-refractivity contribution in [2.24, 2.45) is 0 Å². The predicted molar refractivity (Wildman–Crippen MR) is 107 cm³/mol. The van der Waals surface area contributed by atoms with Crippen LogP contribution < -0.4 is 5.32 Å². The van der Waals surface area contributed by atoms with Crippen molar-refractivity contribution in [2.45, 2.75) is 6.04 Å². The summed E-state index contributed by atoms with van der Waals surface area (Å²) in [7, 11) is 0. The third-order valence-electron chi connectivity index (χ3n) is 4.35. The maximum absolute atomic E-state index is 12.7. The van der Waals surface area contributed by atoms with E-state index < -0.39 is 0 Å². The van der Waals surface area contributed by atoms with Crippen LogP contribution in [0.2, 0.25) is 5.02 Å². The van der Waals surface area contributed by atoms with Gasteiger partial charge in [-0.3, -0.25) is 9.59 Å². The molecule has 1 aliphatic rings. The molecular weight excluding hydrogens is 368 g/mol. The average molecular weight is 389 g/mol. The lowest BCUT2D eigenvalue weighted by Crippen LogP contribution is -2.49. The van der Waals surface area contributed by atoms with Gasteiger partial charge in [0.25, 0.3) is 0 Å². The van der Waals surface area contributed by atoms with Crippen LogP contribution in [0.3, 0.4) is 0 Å². The van der Waals surface area contributed by atoms with Crippen molar-refractivity contribution in [2.75, 3.05) is 31.1 Å². The Morgan fingerprint density at radius 1 is 1.12 bits per heavy atom. The molecule has 4 nitrogen and oxygen atoms in total. The average Bonchev–Trinajstić information content (AvgIpc) is 2.68. The minimum atomic E-state index is -0.0274. The summed E-state index contributed by atoms with van der Waals surface area (Å²) < 4.78 is 0. The van der Waals surface area contributed by atoms with Crippen LogP contribution in [0.25, 0.3) is 0 Å². The summed E-state index contributed by atoms with van der Waals surface area (Å²) in [6.45, 7) is 2.14. The van der Waals surface area contributed by atoms with Gasteiger partial charge < -0.3 is 10.2 Å². The van der Waals surface area contributed by atoms with E-state index in [0.29, 0.717) is 35.2 Å². The first-order valence-electron chi connectivity index (χ1n) is 8.57. The highest BCUT2D eigenvalue weighted by Gasteiger charge is 2.27. The zero-order valence-electron chi connectivity index (χ0n) is 14.4. The van der Waals surface area contributed by atoms with Crippen molar-refractivity contribution in [3.63, 3.8) is 0 Å². The van der Waals surface area contributed by atoms with E-state index in [-0.39, 0.29) is 17.7 Å². The van der Waals surface area contributed by atoms with Crippen LogP contribution in [0.1, 0.15) is 22.0 Å². The number of ketones is 1. The topological polar surface area (TPSA) is 49.4 Å². The number of hydrogen-bond acceptors (Lipinski definition) is 4. The van der Waals surface area contributed by atoms with Gasteiger partial charge in [0, 0.05) is 30.2 Å². The normalized spacial score (nSPS) is 17.1. The fraction of sp³-hybridized carbons (Fsp3) is 0.300. The van der Waals surface area contributed by atoms with Gasteiger partial charge >= 0.3 is 0 Å². The van der Waals surface area contributed by atoms with Gasteiger partial charge in [-0.1, -0.05) is 54.1 Å². The molecular formula is C20H21ClN2O2S. The van der Waals surface area contributed by atoms with Crippen molar-refractivity contribution in [3.8, 4) is 0 Å². The van der Waals surface area contributed by atoms with E-state index >= 15 is 0 Å². The lowest BCUT2D eigenvalue weighted by atomic mass is 10.0. The minimum absolute atomic E-state index is 0.0274. The number of thioether (sulfide) groups is 1. The van der Waals surface area contributed by atoms with Gasteiger partial charge in [-0.25, -0.2) is 0 Å². The molecule has 0 spiro atoms. The summed E-state index contributed by atoms with van der Waals surface area (Å²) in [4.78, 5) is 26.8. The first-order valence-corrected chi connectivity index (χ1v) is 10.1. The molecule has 0 radical (unpaired) electrons. The third-order valence-corrected chi connectivity index (χ3v) is 5.50. The molecule has 0 bridgehead atoms. The van der Waals surface area contributed by atoms with E-state index in [1.54, 1.807) is 12.1 Å². The number of carbonyl (C=O) groups excluding carboxylic acids is 2. The highest BCUT2D eigenvalue weighted by molar-refractivity contribution is 8.00. The van der Waals surface area contributed by atoms with Gasteiger partial charge in [-0.05, 0) is 17.7 Å². The Hall–Kier alpha value is -1.82. The number of carbonyl (C=O) groups is 2. The summed E-state index contributed by atoms with van der Waals surface area (Å²) in [6.07, 6.45) is 0. The molecule has 1 aliphatic heterocycles. The molecule has 1 unspecified atom stereocenters. The van der Waals surface area contributed by atoms with Gasteiger partial charge in [0.1, 0.15) is 0 Å². The second-order valence-corrected chi connectivity index (χ2v) is 7.57. The molecule has 2 aromatic rings. The number of nitrogens with one attached hydrogen (secondary N) is 1. The molecule has 6 heteroatoms. The zero-order chi connectivity index (χ0) is 18.4. The van der Waals surface area contributed by atoms with Crippen LogP contribution in [-0.4, -0.2) is 47.7 Å². The first kappa shape index (κ1) is 19.0. The fourth-order valence-electron chi connectivity index (χ4n) is 3.04. The Morgan fingerprint density at radius 3 is 2.69 bits per heavy atom. The summed E-state index contributed by atoms with van der Waals surface area (Å²) in [6, 6.07) is 16.8. The van der Waals surface area contributed by atoms with E-state index in [1.807, 2.05) is 47.4 Å². The lowest BCUT2D eigenvalue weighted by molar-refractivity contribution is -0.131. The molecule has 1 fully saturated rings. The molecule has 26 heavy (non-hydrogen) atoms. The summed E-state index contributed by atoms with van der Waals surface area (Å²) >= 11 is 7.47. The number of halogens is 1. The van der Waals surface area contributed by atoms with Crippen LogP contribution in [0.5, 0.6) is 0 Å². The molecule has 136 valence electrons. The van der Waals surface area contributed by atoms with Crippen molar-refractivity contribution < 1.29 is 9.59 Å². The molecule has 1 saturated heterocycles. The van der Waals surface area contributed by atoms with E-state index in [1.165, 1.54) is 11.8 Å². The Kier molecular flexibility index (Phi) is 6.72. The highest BCUT2D eigenvalue weighted by Crippen LogP contribution is 2.25. The largest absolute Gasteiger partial charge is 0.332 e. The monoisotopic (exact) mass is 388 g/mol. The van der Waals surface area contributed by atoms with Gasteiger partial charge in [-0.15, -0.1) is 11.8 Å². The molecule has 1 atom stereocenters. The van der Waals surface area contributed by atoms with Gasteiger partial charge in [-0.2, -0.15) is 0 Å². The molecule has 0 aromatic heterocycles. The quantitative estimate of drug-likeness (QED) is 0.770. The third kappa shape index (κ3) is 4.87. The number of nitrogens with zero attached hydrogens (tertiary/aromatic N) is 1. The van der Waals surface area contributed by atoms with E-state index in [4.69, 9.17) is 11.6 Å². The number of piperazine rings is 1. The number of rotatable bonds is 6. The standard InChI is InChI=1S/C20H21ClN2O2S/c21-17-8-4-7-16(11-17)18-12-22-9-10-23(18)20(25)14-26-13-19(24)15-5-2-1-3-6-15/h1-8,11,18,22H,9-10,12-14H2. The summed E-state index contributed by atoms with van der Waals surface area (Å²) in [5, 5.41) is 4.01. The summed E-state index contributed by atoms with van der Waals surface area (Å²) in [5.74, 6) is 0.719. The lowest BCUT2D eigenvalue weighted by Gasteiger charge is -2.36. The Bertz CT molecular complexity index is 769. The maximum atomic E-state index is 12.7. The first-order chi connectivity index (χ1) is 12.6. The molecule has 1 N–H and O–H groups in total. The molecule has 2 aromatic carbocycles. The van der Waals surface area contributed by atoms with Crippen LogP contribution in [-0.2, 0) is 4.79 Å². The summed E-state index contributed by atoms with van der Waals surface area (Å²) in [5.41, 5.74) is 1.72. The molecule has 1 amide bonds. The van der Waals surface area contributed by atoms with Crippen molar-refractivity contribution in [3.05, 3.63) is 70.7 Å². The van der Waals surface area contributed by atoms with Crippen LogP contribution in [0.4, 0.5) is 0 Å². The maximum Gasteiger partial charge on any atom is 0.233 e. The van der Waals surface area contributed by atoms with E-state index in [2.05, 4.69) is 5.32 Å². The molecule has 0 aliphatic carbocycles. The number of amides is 1. The molecule has 3 rings (SSSR count). The van der Waals surface area contributed by atoms with Gasteiger partial charge in [0.15, 0.2) is 5.78 Å². The Balaban J connectivity index is 1.58. The van der Waals surface area contributed by atoms with Crippen LogP contribution in [0, 0.1) is 0 Å². The van der Waals surface area contributed by atoms with Gasteiger partial charge in [0.05, 0.1) is 17.5 Å². The van der Waals surface area contributed by atoms with Gasteiger partial charge in [0.2, 0.25) is 5.91 Å². The Morgan fingerprint density at radius 2 is 1.92 bits per heavy atom. The van der Waals surface area contributed by atoms with Crippen molar-refractivity contribution >= 4 is 35.1 Å². The van der Waals surface area contributed by atoms with Crippen molar-refractivity contribution in [1.82, 2.24) is 10.2 Å². The number of benzene rings is 2. The zero-order valence-corrected chi connectivity index (χ0v) is 15.9. The van der Waals surface area contributed by atoms with E-state index in [9.17, 15) is 9.59 Å². The highest BCUT2D eigenvalue weighted by atomic mass is 35.5. The molecule has 0 saturated carbocycles. The van der Waals surface area contributed by atoms with Crippen LogP contribution >= 0.6 is 23.4 Å².